The second-order valence-electron chi connectivity index (χ2n) is 4.09. The summed E-state index contributed by atoms with van der Waals surface area (Å²) in [7, 11) is 0. The molecule has 0 spiro atoms. The number of amides is 1. The zero-order valence-corrected chi connectivity index (χ0v) is 10.5. The smallest absolute Gasteiger partial charge is 0.283 e. The third kappa shape index (κ3) is 2.79. The second kappa shape index (κ2) is 5.35. The van der Waals surface area contributed by atoms with Gasteiger partial charge in [0.25, 0.3) is 5.91 Å². The Morgan fingerprint density at radius 3 is 2.67 bits per heavy atom. The Hall–Kier alpha value is -1.62. The number of nitrogens with zero attached hydrogens (tertiary/aromatic N) is 2. The molecular formula is C12H13ClFN3O. The van der Waals surface area contributed by atoms with Gasteiger partial charge in [0.15, 0.2) is 5.96 Å². The van der Waals surface area contributed by atoms with Crippen molar-refractivity contribution in [2.75, 3.05) is 13.1 Å². The van der Waals surface area contributed by atoms with E-state index in [4.69, 9.17) is 17.3 Å². The molecule has 1 aromatic carbocycles. The van der Waals surface area contributed by atoms with Crippen LogP contribution >= 0.6 is 11.6 Å². The van der Waals surface area contributed by atoms with Crippen molar-refractivity contribution in [2.24, 2.45) is 10.7 Å². The molecule has 0 radical (unpaired) electrons. The van der Waals surface area contributed by atoms with E-state index in [0.29, 0.717) is 0 Å². The van der Waals surface area contributed by atoms with Crippen LogP contribution in [0.4, 0.5) is 4.39 Å². The summed E-state index contributed by atoms with van der Waals surface area (Å²) in [6.45, 7) is 1.57. The summed E-state index contributed by atoms with van der Waals surface area (Å²) in [5.74, 6) is -1.23. The highest BCUT2D eigenvalue weighted by molar-refractivity contribution is 6.30. The minimum absolute atomic E-state index is 0.124. The minimum Gasteiger partial charge on any atom is -0.369 e. The Balaban J connectivity index is 2.18. The molecule has 1 saturated heterocycles. The molecule has 1 aliphatic rings. The first-order chi connectivity index (χ1) is 8.58. The van der Waals surface area contributed by atoms with Gasteiger partial charge >= 0.3 is 0 Å². The van der Waals surface area contributed by atoms with E-state index < -0.39 is 11.7 Å². The van der Waals surface area contributed by atoms with Crippen LogP contribution in [0.25, 0.3) is 0 Å². The molecule has 6 heteroatoms. The number of hydrogen-bond acceptors (Lipinski definition) is 1. The molecule has 18 heavy (non-hydrogen) atoms. The number of aliphatic imine (C=N–C) groups is 1. The van der Waals surface area contributed by atoms with E-state index in [0.717, 1.165) is 32.0 Å². The van der Waals surface area contributed by atoms with E-state index >= 15 is 0 Å². The van der Waals surface area contributed by atoms with Gasteiger partial charge in [-0.3, -0.25) is 4.79 Å². The first kappa shape index (κ1) is 12.8. The number of carbonyl (C=O) groups is 1. The van der Waals surface area contributed by atoms with Crippen LogP contribution in [0.3, 0.4) is 0 Å². The molecule has 0 atom stereocenters. The standard InChI is InChI=1S/C12H13ClFN3O/c13-8-3-4-9(10(14)7-8)11(18)16-12(15)17-5-1-2-6-17/h3-4,7H,1-2,5-6H2,(H2,15,16,18). The summed E-state index contributed by atoms with van der Waals surface area (Å²) in [4.78, 5) is 17.3. The number of hydrogen-bond donors (Lipinski definition) is 1. The molecule has 96 valence electrons. The lowest BCUT2D eigenvalue weighted by atomic mass is 10.2. The molecule has 0 unspecified atom stereocenters. The van der Waals surface area contributed by atoms with E-state index in [1.54, 1.807) is 0 Å². The lowest BCUT2D eigenvalue weighted by molar-refractivity contribution is 0.0997. The van der Waals surface area contributed by atoms with Gasteiger partial charge in [0.05, 0.1) is 5.56 Å². The van der Waals surface area contributed by atoms with Crippen LogP contribution in [-0.2, 0) is 0 Å². The highest BCUT2D eigenvalue weighted by atomic mass is 35.5. The van der Waals surface area contributed by atoms with Crippen molar-refractivity contribution in [3.05, 3.63) is 34.6 Å². The van der Waals surface area contributed by atoms with Gasteiger partial charge in [0.2, 0.25) is 0 Å². The summed E-state index contributed by atoms with van der Waals surface area (Å²) >= 11 is 5.61. The monoisotopic (exact) mass is 269 g/mol. The molecule has 0 saturated carbocycles. The van der Waals surface area contributed by atoms with Crippen LogP contribution < -0.4 is 5.73 Å². The van der Waals surface area contributed by atoms with Crippen LogP contribution in [0.2, 0.25) is 5.02 Å². The molecule has 0 aromatic heterocycles. The first-order valence-electron chi connectivity index (χ1n) is 5.66. The Morgan fingerprint density at radius 1 is 1.39 bits per heavy atom. The topological polar surface area (TPSA) is 58.7 Å². The van der Waals surface area contributed by atoms with Crippen LogP contribution in [0, 0.1) is 5.82 Å². The van der Waals surface area contributed by atoms with Gasteiger partial charge in [-0.1, -0.05) is 11.6 Å². The average molecular weight is 270 g/mol. The highest BCUT2D eigenvalue weighted by Crippen LogP contribution is 2.15. The van der Waals surface area contributed by atoms with E-state index in [-0.39, 0.29) is 16.5 Å². The fourth-order valence-electron chi connectivity index (χ4n) is 1.84. The molecular weight excluding hydrogens is 257 g/mol. The van der Waals surface area contributed by atoms with Crippen molar-refractivity contribution < 1.29 is 9.18 Å². The summed E-state index contributed by atoms with van der Waals surface area (Å²) in [5, 5.41) is 0.237. The molecule has 1 fully saturated rings. The SMILES string of the molecule is NC(=NC(=O)c1ccc(Cl)cc1F)N1CCCC1. The highest BCUT2D eigenvalue weighted by Gasteiger charge is 2.17. The van der Waals surface area contributed by atoms with Crippen molar-refractivity contribution in [1.82, 2.24) is 4.90 Å². The van der Waals surface area contributed by atoms with E-state index in [2.05, 4.69) is 4.99 Å². The molecule has 2 N–H and O–H groups in total. The lowest BCUT2D eigenvalue weighted by Crippen LogP contribution is -2.35. The Labute approximate surface area is 109 Å². The summed E-state index contributed by atoms with van der Waals surface area (Å²) in [6.07, 6.45) is 2.05. The quantitative estimate of drug-likeness (QED) is 0.627. The molecule has 0 bridgehead atoms. The van der Waals surface area contributed by atoms with Crippen LogP contribution in [-0.4, -0.2) is 29.9 Å². The maximum Gasteiger partial charge on any atom is 0.283 e. The summed E-state index contributed by atoms with van der Waals surface area (Å²) in [6, 6.07) is 3.83. The third-order valence-corrected chi connectivity index (χ3v) is 3.04. The van der Waals surface area contributed by atoms with Crippen molar-refractivity contribution in [1.29, 1.82) is 0 Å². The number of guanidine groups is 1. The van der Waals surface area contributed by atoms with Crippen molar-refractivity contribution in [2.45, 2.75) is 12.8 Å². The first-order valence-corrected chi connectivity index (χ1v) is 6.04. The third-order valence-electron chi connectivity index (χ3n) is 2.81. The summed E-state index contributed by atoms with van der Waals surface area (Å²) < 4.78 is 13.5. The van der Waals surface area contributed by atoms with Crippen molar-refractivity contribution in [3.63, 3.8) is 0 Å². The fourth-order valence-corrected chi connectivity index (χ4v) is 2.00. The van der Waals surface area contributed by atoms with Gasteiger partial charge in [-0.15, -0.1) is 0 Å². The maximum atomic E-state index is 13.5. The van der Waals surface area contributed by atoms with Crippen molar-refractivity contribution in [3.8, 4) is 0 Å². The van der Waals surface area contributed by atoms with E-state index in [1.807, 2.05) is 4.90 Å². The molecule has 1 amide bonds. The maximum absolute atomic E-state index is 13.5. The Morgan fingerprint density at radius 2 is 2.06 bits per heavy atom. The Bertz CT molecular complexity index is 498. The lowest BCUT2D eigenvalue weighted by Gasteiger charge is -2.15. The zero-order chi connectivity index (χ0) is 13.1. The predicted octanol–water partition coefficient (Wildman–Crippen LogP) is 2.03. The van der Waals surface area contributed by atoms with Gasteiger partial charge in [0.1, 0.15) is 5.82 Å². The van der Waals surface area contributed by atoms with Gasteiger partial charge in [-0.25, -0.2) is 4.39 Å². The number of nitrogens with two attached hydrogens (primary N) is 1. The molecule has 2 rings (SSSR count). The Kier molecular flexibility index (Phi) is 3.81. The molecule has 1 aliphatic heterocycles. The molecule has 1 heterocycles. The number of halogens is 2. The van der Waals surface area contributed by atoms with Gasteiger partial charge in [-0.2, -0.15) is 4.99 Å². The fraction of sp³-hybridized carbons (Fsp3) is 0.333. The zero-order valence-electron chi connectivity index (χ0n) is 9.70. The van der Waals surface area contributed by atoms with E-state index in [1.165, 1.54) is 12.1 Å². The predicted molar refractivity (Wildman–Crippen MR) is 68.2 cm³/mol. The largest absolute Gasteiger partial charge is 0.369 e. The minimum atomic E-state index is -0.689. The van der Waals surface area contributed by atoms with Gasteiger partial charge in [-0.05, 0) is 31.0 Å². The molecule has 0 aliphatic carbocycles. The number of rotatable bonds is 1. The summed E-state index contributed by atoms with van der Waals surface area (Å²) in [5.41, 5.74) is 5.58. The number of benzene rings is 1. The van der Waals surface area contributed by atoms with Crippen molar-refractivity contribution >= 4 is 23.5 Å². The average Bonchev–Trinajstić information content (AvgIpc) is 2.81. The van der Waals surface area contributed by atoms with Crippen LogP contribution in [0.5, 0.6) is 0 Å². The molecule has 4 nitrogen and oxygen atoms in total. The second-order valence-corrected chi connectivity index (χ2v) is 4.53. The van der Waals surface area contributed by atoms with Gasteiger partial charge in [0, 0.05) is 18.1 Å². The van der Waals surface area contributed by atoms with Crippen LogP contribution in [0.1, 0.15) is 23.2 Å². The normalized spacial score (nSPS) is 16.1. The van der Waals surface area contributed by atoms with Gasteiger partial charge < -0.3 is 10.6 Å². The van der Waals surface area contributed by atoms with Crippen LogP contribution in [0.15, 0.2) is 23.2 Å². The molecule has 1 aromatic rings. The number of carbonyl (C=O) groups excluding carboxylic acids is 1. The number of likely N-dealkylation sites (tertiary alicyclic amines) is 1. The van der Waals surface area contributed by atoms with E-state index in [9.17, 15) is 9.18 Å².